The fourth-order valence-electron chi connectivity index (χ4n) is 4.90. The molecule has 2 aromatic carbocycles. The second-order valence-corrected chi connectivity index (χ2v) is 9.91. The van der Waals surface area contributed by atoms with Gasteiger partial charge in [-0.25, -0.2) is 0 Å². The van der Waals surface area contributed by atoms with Crippen LogP contribution in [0.15, 0.2) is 54.6 Å². The number of carbonyl (C=O) groups excluding carboxylic acids is 1. The summed E-state index contributed by atoms with van der Waals surface area (Å²) in [6.45, 7) is 12.5. The summed E-state index contributed by atoms with van der Waals surface area (Å²) >= 11 is 0. The van der Waals surface area contributed by atoms with Gasteiger partial charge < -0.3 is 14.4 Å². The van der Waals surface area contributed by atoms with Crippen LogP contribution >= 0.6 is 0 Å². The molecule has 3 rings (SSSR count). The van der Waals surface area contributed by atoms with Crippen molar-refractivity contribution in [3.05, 3.63) is 65.7 Å². The molecule has 1 aliphatic rings. The fraction of sp³-hybridized carbons (Fsp3) is 0.536. The van der Waals surface area contributed by atoms with Gasteiger partial charge in [0.15, 0.2) is 0 Å². The van der Waals surface area contributed by atoms with Crippen LogP contribution in [0.4, 0.5) is 0 Å². The molecule has 0 bridgehead atoms. The molecule has 1 amide bonds. The molecule has 1 saturated heterocycles. The van der Waals surface area contributed by atoms with Crippen LogP contribution in [0.1, 0.15) is 71.4 Å². The highest BCUT2D eigenvalue weighted by molar-refractivity contribution is 5.75. The molecule has 4 heteroatoms. The predicted molar refractivity (Wildman–Crippen MR) is 130 cm³/mol. The van der Waals surface area contributed by atoms with Crippen molar-refractivity contribution in [3.8, 4) is 5.75 Å². The summed E-state index contributed by atoms with van der Waals surface area (Å²) in [6, 6.07) is 18.9. The van der Waals surface area contributed by atoms with E-state index >= 15 is 0 Å². The summed E-state index contributed by atoms with van der Waals surface area (Å²) in [4.78, 5) is 14.9. The Morgan fingerprint density at radius 1 is 1.09 bits per heavy atom. The van der Waals surface area contributed by atoms with Gasteiger partial charge in [-0.3, -0.25) is 4.79 Å². The van der Waals surface area contributed by atoms with Crippen LogP contribution in [0.2, 0.25) is 0 Å². The predicted octanol–water partition coefficient (Wildman–Crippen LogP) is 6.13. The highest BCUT2D eigenvalue weighted by Gasteiger charge is 2.42. The number of carbonyl (C=O) groups is 1. The lowest BCUT2D eigenvalue weighted by atomic mass is 9.67. The molecule has 0 radical (unpaired) electrons. The first-order chi connectivity index (χ1) is 15.2. The number of nitrogens with zero attached hydrogens (tertiary/aromatic N) is 1. The highest BCUT2D eigenvalue weighted by atomic mass is 16.5. The number of hydrogen-bond donors (Lipinski definition) is 0. The van der Waals surface area contributed by atoms with Crippen LogP contribution in [0.5, 0.6) is 5.75 Å². The van der Waals surface area contributed by atoms with Crippen LogP contribution in [0.3, 0.4) is 0 Å². The van der Waals surface area contributed by atoms with Crippen LogP contribution < -0.4 is 4.74 Å². The van der Waals surface area contributed by atoms with E-state index < -0.39 is 0 Å². The van der Waals surface area contributed by atoms with E-state index in [-0.39, 0.29) is 23.0 Å². The molecule has 32 heavy (non-hydrogen) atoms. The van der Waals surface area contributed by atoms with Crippen molar-refractivity contribution >= 4 is 5.91 Å². The Labute approximate surface area is 193 Å². The van der Waals surface area contributed by atoms with Crippen molar-refractivity contribution in [2.45, 2.75) is 84.0 Å². The van der Waals surface area contributed by atoms with Gasteiger partial charge in [0.1, 0.15) is 5.75 Å². The summed E-state index contributed by atoms with van der Waals surface area (Å²) in [6.07, 6.45) is 3.54. The van der Waals surface area contributed by atoms with E-state index in [0.29, 0.717) is 13.0 Å². The molecule has 174 valence electrons. The third-order valence-electron chi connectivity index (χ3n) is 6.41. The van der Waals surface area contributed by atoms with Crippen molar-refractivity contribution in [3.63, 3.8) is 0 Å². The molecule has 0 spiro atoms. The number of benzene rings is 2. The SMILES string of the molecule is CCC(=O)N(CCC1(c2ccccc2)CCOC(C)(C)C1)Cc1ccc(OC(C)C)cc1. The van der Waals surface area contributed by atoms with E-state index in [1.165, 1.54) is 5.56 Å². The maximum absolute atomic E-state index is 12.8. The number of ether oxygens (including phenoxy) is 2. The Morgan fingerprint density at radius 2 is 1.78 bits per heavy atom. The van der Waals surface area contributed by atoms with Crippen LogP contribution in [-0.4, -0.2) is 35.7 Å². The minimum absolute atomic E-state index is 0.0181. The third kappa shape index (κ3) is 6.35. The van der Waals surface area contributed by atoms with Gasteiger partial charge >= 0.3 is 0 Å². The Bertz CT molecular complexity index is 860. The van der Waals surface area contributed by atoms with Crippen LogP contribution in [0.25, 0.3) is 0 Å². The monoisotopic (exact) mass is 437 g/mol. The molecule has 1 fully saturated rings. The summed E-state index contributed by atoms with van der Waals surface area (Å²) in [7, 11) is 0. The van der Waals surface area contributed by atoms with E-state index in [4.69, 9.17) is 9.47 Å². The first kappa shape index (κ1) is 24.3. The van der Waals surface area contributed by atoms with Crippen molar-refractivity contribution in [2.24, 2.45) is 0 Å². The van der Waals surface area contributed by atoms with Crippen molar-refractivity contribution in [1.82, 2.24) is 4.90 Å². The highest BCUT2D eigenvalue weighted by Crippen LogP contribution is 2.44. The summed E-state index contributed by atoms with van der Waals surface area (Å²) in [5.41, 5.74) is 2.34. The zero-order valence-corrected chi connectivity index (χ0v) is 20.4. The molecule has 1 heterocycles. The van der Waals surface area contributed by atoms with E-state index in [0.717, 1.165) is 43.7 Å². The van der Waals surface area contributed by atoms with Crippen molar-refractivity contribution < 1.29 is 14.3 Å². The van der Waals surface area contributed by atoms with E-state index in [1.54, 1.807) is 0 Å². The molecule has 0 aliphatic carbocycles. The quantitative estimate of drug-likeness (QED) is 0.474. The largest absolute Gasteiger partial charge is 0.491 e. The molecular formula is C28H39NO3. The lowest BCUT2D eigenvalue weighted by Gasteiger charge is -2.46. The zero-order chi connectivity index (χ0) is 23.2. The summed E-state index contributed by atoms with van der Waals surface area (Å²) in [5.74, 6) is 1.06. The maximum Gasteiger partial charge on any atom is 0.222 e. The summed E-state index contributed by atoms with van der Waals surface area (Å²) in [5, 5.41) is 0. The first-order valence-corrected chi connectivity index (χ1v) is 12.0. The van der Waals surface area contributed by atoms with E-state index in [1.807, 2.05) is 37.8 Å². The van der Waals surface area contributed by atoms with Crippen molar-refractivity contribution in [2.75, 3.05) is 13.2 Å². The normalized spacial score (nSPS) is 20.2. The molecule has 0 saturated carbocycles. The average molecular weight is 438 g/mol. The Balaban J connectivity index is 1.77. The van der Waals surface area contributed by atoms with Crippen molar-refractivity contribution in [1.29, 1.82) is 0 Å². The minimum atomic E-state index is -0.167. The Morgan fingerprint density at radius 3 is 2.38 bits per heavy atom. The Kier molecular flexibility index (Phi) is 8.00. The smallest absolute Gasteiger partial charge is 0.222 e. The third-order valence-corrected chi connectivity index (χ3v) is 6.41. The maximum atomic E-state index is 12.8. The zero-order valence-electron chi connectivity index (χ0n) is 20.4. The van der Waals surface area contributed by atoms with Crippen LogP contribution in [0, 0.1) is 0 Å². The molecule has 1 aliphatic heterocycles. The topological polar surface area (TPSA) is 38.8 Å². The molecule has 4 nitrogen and oxygen atoms in total. The summed E-state index contributed by atoms with van der Waals surface area (Å²) < 4.78 is 11.8. The standard InChI is InChI=1S/C28H39NO3/c1-6-26(30)29(20-23-12-14-25(15-13-23)32-22(2)3)18-16-28(24-10-8-7-9-11-24)17-19-31-27(4,5)21-28/h7-15,22H,6,16-21H2,1-5H3. The number of hydrogen-bond acceptors (Lipinski definition) is 3. The molecular weight excluding hydrogens is 398 g/mol. The van der Waals surface area contributed by atoms with E-state index in [2.05, 4.69) is 56.3 Å². The molecule has 0 N–H and O–H groups in total. The van der Waals surface area contributed by atoms with Gasteiger partial charge in [0, 0.05) is 31.5 Å². The first-order valence-electron chi connectivity index (χ1n) is 12.0. The molecule has 1 atom stereocenters. The lowest BCUT2D eigenvalue weighted by Crippen LogP contribution is -2.46. The molecule has 0 aromatic heterocycles. The Hall–Kier alpha value is -2.33. The van der Waals surface area contributed by atoms with Crippen LogP contribution in [-0.2, 0) is 21.5 Å². The average Bonchev–Trinajstić information content (AvgIpc) is 2.77. The second-order valence-electron chi connectivity index (χ2n) is 9.91. The fourth-order valence-corrected chi connectivity index (χ4v) is 4.90. The van der Waals surface area contributed by atoms with Gasteiger partial charge in [-0.15, -0.1) is 0 Å². The van der Waals surface area contributed by atoms with Gasteiger partial charge in [0.2, 0.25) is 5.91 Å². The molecule has 2 aromatic rings. The van der Waals surface area contributed by atoms with E-state index in [9.17, 15) is 4.79 Å². The lowest BCUT2D eigenvalue weighted by molar-refractivity contribution is -0.132. The van der Waals surface area contributed by atoms with Gasteiger partial charge in [-0.2, -0.15) is 0 Å². The second kappa shape index (κ2) is 10.5. The van der Waals surface area contributed by atoms with Gasteiger partial charge in [0.05, 0.1) is 11.7 Å². The molecule has 1 unspecified atom stereocenters. The number of rotatable bonds is 9. The van der Waals surface area contributed by atoms with Gasteiger partial charge in [-0.05, 0) is 70.2 Å². The van der Waals surface area contributed by atoms with Gasteiger partial charge in [-0.1, -0.05) is 49.4 Å². The number of amides is 1. The minimum Gasteiger partial charge on any atom is -0.491 e. The van der Waals surface area contributed by atoms with Gasteiger partial charge in [0.25, 0.3) is 0 Å².